The number of halogens is 1. The van der Waals surface area contributed by atoms with Crippen LogP contribution >= 0.6 is 12.4 Å². The summed E-state index contributed by atoms with van der Waals surface area (Å²) < 4.78 is 0. The van der Waals surface area contributed by atoms with Gasteiger partial charge in [-0.25, -0.2) is 0 Å². The first kappa shape index (κ1) is 8.85. The van der Waals surface area contributed by atoms with Crippen LogP contribution in [0.1, 0.15) is 13.3 Å². The van der Waals surface area contributed by atoms with E-state index in [0.717, 1.165) is 6.42 Å². The van der Waals surface area contributed by atoms with Crippen molar-refractivity contribution >= 4 is 12.4 Å². The number of hydrogen-bond donors (Lipinski definition) is 0. The van der Waals surface area contributed by atoms with Crippen molar-refractivity contribution in [1.29, 1.82) is 0 Å². The summed E-state index contributed by atoms with van der Waals surface area (Å²) in [5.74, 6) is 0. The second-order valence-corrected chi connectivity index (χ2v) is 0.500. The van der Waals surface area contributed by atoms with Gasteiger partial charge in [-0.15, -0.1) is 12.4 Å². The Morgan fingerprint density at radius 2 is 1.75 bits per heavy atom. The van der Waals surface area contributed by atoms with Crippen molar-refractivity contribution in [3.8, 4) is 0 Å². The monoisotopic (exact) mass is 79.0 g/mol. The van der Waals surface area contributed by atoms with E-state index in [-0.39, 0.29) is 12.4 Å². The van der Waals surface area contributed by atoms with Gasteiger partial charge in [0, 0.05) is 0 Å². The summed E-state index contributed by atoms with van der Waals surface area (Å²) in [6, 6.07) is 0. The molecule has 0 bridgehead atoms. The molecule has 1 radical (unpaired) electrons. The number of rotatable bonds is 0. The summed E-state index contributed by atoms with van der Waals surface area (Å²) in [6.07, 6.45) is 1.00. The quantitative estimate of drug-likeness (QED) is 0.414. The van der Waals surface area contributed by atoms with Gasteiger partial charge in [0.15, 0.2) is 0 Å². The van der Waals surface area contributed by atoms with Gasteiger partial charge in [0.25, 0.3) is 0 Å². The van der Waals surface area contributed by atoms with E-state index in [1.807, 2.05) is 6.92 Å². The molecule has 0 aliphatic carbocycles. The standard InChI is InChI=1S/C3H7.ClH/c1-3-2;/h1,3H2,2H3;1H. The molecule has 0 aromatic rings. The Bertz CT molecular complexity index is 3.25. The Hall–Kier alpha value is 0.290. The minimum atomic E-state index is 0. The molecule has 0 saturated carbocycles. The molecule has 0 unspecified atom stereocenters. The van der Waals surface area contributed by atoms with Crippen LogP contribution in [0.5, 0.6) is 0 Å². The van der Waals surface area contributed by atoms with Crippen molar-refractivity contribution in [3.63, 3.8) is 0 Å². The normalized spacial score (nSPS) is 4.50. The molecule has 27 valence electrons. The molecule has 0 fully saturated rings. The maximum Gasteiger partial charge on any atom is -0.0536 e. The highest BCUT2D eigenvalue weighted by molar-refractivity contribution is 5.85. The lowest BCUT2D eigenvalue weighted by Gasteiger charge is -1.47. The van der Waals surface area contributed by atoms with E-state index >= 15 is 0 Å². The van der Waals surface area contributed by atoms with E-state index in [1.54, 1.807) is 0 Å². The lowest BCUT2D eigenvalue weighted by molar-refractivity contribution is 1.23. The third-order valence-electron chi connectivity index (χ3n) is 0. The van der Waals surface area contributed by atoms with E-state index < -0.39 is 0 Å². The Morgan fingerprint density at radius 3 is 1.75 bits per heavy atom. The Kier molecular flexibility index (Phi) is 23.0. The average Bonchev–Trinajstić information content (AvgIpc) is 0.918. The van der Waals surface area contributed by atoms with Crippen LogP contribution in [0.25, 0.3) is 0 Å². The van der Waals surface area contributed by atoms with Gasteiger partial charge in [-0.2, -0.15) is 0 Å². The zero-order valence-electron chi connectivity index (χ0n) is 2.82. The van der Waals surface area contributed by atoms with Crippen LogP contribution in [0, 0.1) is 6.92 Å². The van der Waals surface area contributed by atoms with Crippen LogP contribution in [-0.4, -0.2) is 0 Å². The fourth-order valence-corrected chi connectivity index (χ4v) is 0. The molecule has 0 spiro atoms. The molecule has 0 heterocycles. The van der Waals surface area contributed by atoms with E-state index in [0.29, 0.717) is 0 Å². The smallest absolute Gasteiger partial charge is 0.0536 e. The van der Waals surface area contributed by atoms with Crippen molar-refractivity contribution < 1.29 is 0 Å². The van der Waals surface area contributed by atoms with E-state index in [1.165, 1.54) is 0 Å². The molecule has 0 aromatic heterocycles. The summed E-state index contributed by atoms with van der Waals surface area (Å²) in [5.41, 5.74) is 0. The van der Waals surface area contributed by atoms with E-state index in [4.69, 9.17) is 0 Å². The van der Waals surface area contributed by atoms with Gasteiger partial charge >= 0.3 is 0 Å². The lowest BCUT2D eigenvalue weighted by Crippen LogP contribution is -1.29. The van der Waals surface area contributed by atoms with Gasteiger partial charge in [0.05, 0.1) is 0 Å². The first-order valence-electron chi connectivity index (χ1n) is 1.21. The average molecular weight is 79.6 g/mol. The maximum absolute atomic E-state index is 3.49. The Morgan fingerprint density at radius 1 is 1.75 bits per heavy atom. The second kappa shape index (κ2) is 10.4. The third-order valence-corrected chi connectivity index (χ3v) is 0. The Balaban J connectivity index is 0. The molecule has 0 aliphatic heterocycles. The fraction of sp³-hybridized carbons (Fsp3) is 0.667. The minimum Gasteiger partial charge on any atom is -0.147 e. The van der Waals surface area contributed by atoms with Gasteiger partial charge < -0.3 is 0 Å². The van der Waals surface area contributed by atoms with E-state index in [9.17, 15) is 0 Å². The summed E-state index contributed by atoms with van der Waals surface area (Å²) >= 11 is 0. The van der Waals surface area contributed by atoms with Crippen molar-refractivity contribution in [2.24, 2.45) is 0 Å². The molecular weight excluding hydrogens is 71.5 g/mol. The zero-order chi connectivity index (χ0) is 2.71. The van der Waals surface area contributed by atoms with Crippen molar-refractivity contribution in [3.05, 3.63) is 6.92 Å². The minimum absolute atomic E-state index is 0. The summed E-state index contributed by atoms with van der Waals surface area (Å²) in [7, 11) is 0. The SMILES string of the molecule is Cl.[CH2]CC. The van der Waals surface area contributed by atoms with Crippen LogP contribution in [0.4, 0.5) is 0 Å². The topological polar surface area (TPSA) is 0 Å². The molecule has 0 nitrogen and oxygen atoms in total. The highest BCUT2D eigenvalue weighted by Crippen LogP contribution is 1.54. The van der Waals surface area contributed by atoms with Crippen LogP contribution in [-0.2, 0) is 0 Å². The lowest BCUT2D eigenvalue weighted by atomic mass is 10.6. The fourth-order valence-electron chi connectivity index (χ4n) is 0. The summed E-state index contributed by atoms with van der Waals surface area (Å²) in [5, 5.41) is 0. The van der Waals surface area contributed by atoms with Crippen molar-refractivity contribution in [2.75, 3.05) is 0 Å². The van der Waals surface area contributed by atoms with Crippen LogP contribution < -0.4 is 0 Å². The molecule has 0 amide bonds. The predicted octanol–water partition coefficient (Wildman–Crippen LogP) is 1.65. The molecule has 0 rings (SSSR count). The molecule has 0 N–H and O–H groups in total. The van der Waals surface area contributed by atoms with Gasteiger partial charge in [-0.1, -0.05) is 20.3 Å². The maximum atomic E-state index is 3.49. The molecule has 0 aromatic carbocycles. The highest BCUT2D eigenvalue weighted by Gasteiger charge is 1.36. The zero-order valence-corrected chi connectivity index (χ0v) is 3.64. The van der Waals surface area contributed by atoms with Crippen LogP contribution in [0.2, 0.25) is 0 Å². The van der Waals surface area contributed by atoms with Gasteiger partial charge in [0.1, 0.15) is 0 Å². The summed E-state index contributed by atoms with van der Waals surface area (Å²) in [6.45, 7) is 5.50. The molecule has 4 heavy (non-hydrogen) atoms. The van der Waals surface area contributed by atoms with Crippen LogP contribution in [0.15, 0.2) is 0 Å². The second-order valence-electron chi connectivity index (χ2n) is 0.500. The molecular formula is C3H8Cl. The number of hydrogen-bond acceptors (Lipinski definition) is 0. The van der Waals surface area contributed by atoms with E-state index in [2.05, 4.69) is 6.92 Å². The largest absolute Gasteiger partial charge is 0.147 e. The first-order chi connectivity index (χ1) is 1.41. The molecule has 0 atom stereocenters. The van der Waals surface area contributed by atoms with Gasteiger partial charge in [-0.3, -0.25) is 0 Å². The molecule has 1 heteroatoms. The third kappa shape index (κ3) is 45.3. The van der Waals surface area contributed by atoms with Crippen molar-refractivity contribution in [2.45, 2.75) is 13.3 Å². The van der Waals surface area contributed by atoms with Gasteiger partial charge in [-0.05, 0) is 0 Å². The Labute approximate surface area is 33.6 Å². The first-order valence-corrected chi connectivity index (χ1v) is 1.21. The predicted molar refractivity (Wildman–Crippen MR) is 22.9 cm³/mol. The molecule has 0 saturated heterocycles. The highest BCUT2D eigenvalue weighted by atomic mass is 35.5. The van der Waals surface area contributed by atoms with Gasteiger partial charge in [0.2, 0.25) is 0 Å². The van der Waals surface area contributed by atoms with Crippen LogP contribution in [0.3, 0.4) is 0 Å². The molecule has 0 aliphatic rings. The van der Waals surface area contributed by atoms with Crippen molar-refractivity contribution in [1.82, 2.24) is 0 Å². The summed E-state index contributed by atoms with van der Waals surface area (Å²) in [4.78, 5) is 0.